The molecule has 6 heteroatoms. The van der Waals surface area contributed by atoms with E-state index in [1.807, 2.05) is 6.08 Å². The zero-order chi connectivity index (χ0) is 18.7. The predicted octanol–water partition coefficient (Wildman–Crippen LogP) is 2.76. The van der Waals surface area contributed by atoms with Gasteiger partial charge in [-0.2, -0.15) is 0 Å². The number of hydrogen-bond acceptors (Lipinski definition) is 5. The van der Waals surface area contributed by atoms with Crippen molar-refractivity contribution in [3.63, 3.8) is 0 Å². The first-order valence-corrected chi connectivity index (χ1v) is 8.59. The second kappa shape index (κ2) is 7.23. The maximum atomic E-state index is 13.8. The van der Waals surface area contributed by atoms with Gasteiger partial charge < -0.3 is 9.47 Å². The fourth-order valence-electron chi connectivity index (χ4n) is 2.85. The molecule has 0 bridgehead atoms. The van der Waals surface area contributed by atoms with Crippen LogP contribution in [0.4, 0.5) is 4.39 Å². The second-order valence-corrected chi connectivity index (χ2v) is 6.55. The quantitative estimate of drug-likeness (QED) is 0.771. The third-order valence-corrected chi connectivity index (χ3v) is 4.25. The van der Waals surface area contributed by atoms with Crippen LogP contribution in [0.2, 0.25) is 0 Å². The molecule has 0 radical (unpaired) electrons. The third kappa shape index (κ3) is 3.45. The number of pyridine rings is 2. The molecule has 0 saturated heterocycles. The Hall–Kier alpha value is -2.76. The molecule has 2 aromatic rings. The molecular formula is C20H21FN2O3. The Bertz CT molecular complexity index is 954. The van der Waals surface area contributed by atoms with Crippen molar-refractivity contribution in [1.29, 1.82) is 0 Å². The summed E-state index contributed by atoms with van der Waals surface area (Å²) in [5.74, 6) is 0.313. The topological polar surface area (TPSA) is 61.3 Å². The van der Waals surface area contributed by atoms with E-state index in [4.69, 9.17) is 9.47 Å². The van der Waals surface area contributed by atoms with Crippen LogP contribution < -0.4 is 15.3 Å². The largest absolute Gasteiger partial charge is 0.465 e. The van der Waals surface area contributed by atoms with E-state index in [2.05, 4.69) is 9.97 Å². The molecule has 1 aliphatic rings. The lowest BCUT2D eigenvalue weighted by Gasteiger charge is -2.23. The molecule has 0 spiro atoms. The monoisotopic (exact) mass is 356 g/mol. The maximum Gasteiger partial charge on any atom is 0.317 e. The van der Waals surface area contributed by atoms with E-state index < -0.39 is 5.41 Å². The zero-order valence-electron chi connectivity index (χ0n) is 15.1. The van der Waals surface area contributed by atoms with Crippen LogP contribution in [0.3, 0.4) is 0 Å². The van der Waals surface area contributed by atoms with E-state index in [0.29, 0.717) is 40.6 Å². The van der Waals surface area contributed by atoms with Crippen LogP contribution in [-0.4, -0.2) is 22.5 Å². The molecule has 0 amide bonds. The Morgan fingerprint density at radius 1 is 1.35 bits per heavy atom. The van der Waals surface area contributed by atoms with Crippen LogP contribution in [0.5, 0.6) is 11.5 Å². The van der Waals surface area contributed by atoms with E-state index in [9.17, 15) is 9.18 Å². The number of fused-ring (bicyclic) bond motifs is 1. The highest BCUT2D eigenvalue weighted by molar-refractivity contribution is 5.82. The average molecular weight is 356 g/mol. The SMILES string of the molecule is CCOC(=O)C(C)(C)c1ncccc1Oc1cnc2c(c1)=CCCC=2F. The highest BCUT2D eigenvalue weighted by atomic mass is 19.1. The molecule has 2 heterocycles. The van der Waals surface area contributed by atoms with Gasteiger partial charge in [0, 0.05) is 17.8 Å². The van der Waals surface area contributed by atoms with Crippen molar-refractivity contribution in [1.82, 2.24) is 9.97 Å². The molecule has 1 aliphatic carbocycles. The van der Waals surface area contributed by atoms with E-state index in [-0.39, 0.29) is 18.4 Å². The minimum absolute atomic E-state index is 0.209. The number of aromatic nitrogens is 2. The van der Waals surface area contributed by atoms with Gasteiger partial charge in [-0.05, 0) is 45.4 Å². The highest BCUT2D eigenvalue weighted by Crippen LogP contribution is 2.33. The van der Waals surface area contributed by atoms with E-state index in [1.54, 1.807) is 45.2 Å². The first-order chi connectivity index (χ1) is 12.4. The van der Waals surface area contributed by atoms with Crippen molar-refractivity contribution < 1.29 is 18.7 Å². The Morgan fingerprint density at radius 2 is 2.15 bits per heavy atom. The molecule has 3 rings (SSSR count). The lowest BCUT2D eigenvalue weighted by molar-refractivity contribution is -0.149. The van der Waals surface area contributed by atoms with Gasteiger partial charge in [-0.15, -0.1) is 0 Å². The molecule has 0 atom stereocenters. The molecule has 0 fully saturated rings. The fourth-order valence-corrected chi connectivity index (χ4v) is 2.85. The van der Waals surface area contributed by atoms with Crippen LogP contribution in [0.25, 0.3) is 11.9 Å². The van der Waals surface area contributed by atoms with Crippen molar-refractivity contribution in [2.45, 2.75) is 39.0 Å². The number of esters is 1. The summed E-state index contributed by atoms with van der Waals surface area (Å²) in [6.45, 7) is 5.53. The van der Waals surface area contributed by atoms with Crippen LogP contribution in [-0.2, 0) is 14.9 Å². The third-order valence-electron chi connectivity index (χ3n) is 4.25. The van der Waals surface area contributed by atoms with Gasteiger partial charge >= 0.3 is 5.97 Å². The summed E-state index contributed by atoms with van der Waals surface area (Å²) in [7, 11) is 0. The van der Waals surface area contributed by atoms with Crippen LogP contribution in [0.1, 0.15) is 39.3 Å². The van der Waals surface area contributed by atoms with Gasteiger partial charge in [-0.3, -0.25) is 9.78 Å². The number of ether oxygens (including phenoxy) is 2. The molecule has 0 saturated carbocycles. The van der Waals surface area contributed by atoms with Crippen LogP contribution >= 0.6 is 0 Å². The molecule has 0 unspecified atom stereocenters. The summed E-state index contributed by atoms with van der Waals surface area (Å²) in [4.78, 5) is 20.8. The van der Waals surface area contributed by atoms with Gasteiger partial charge in [0.05, 0.1) is 18.5 Å². The Morgan fingerprint density at radius 3 is 2.92 bits per heavy atom. The molecule has 5 nitrogen and oxygen atoms in total. The lowest BCUT2D eigenvalue weighted by Crippen LogP contribution is -2.33. The molecule has 0 aliphatic heterocycles. The Kier molecular flexibility index (Phi) is 5.02. The van der Waals surface area contributed by atoms with E-state index >= 15 is 0 Å². The van der Waals surface area contributed by atoms with Gasteiger partial charge in [-0.25, -0.2) is 9.37 Å². The molecular weight excluding hydrogens is 335 g/mol. The first kappa shape index (κ1) is 18.0. The summed E-state index contributed by atoms with van der Waals surface area (Å²) < 4.78 is 24.9. The zero-order valence-corrected chi connectivity index (χ0v) is 15.1. The van der Waals surface area contributed by atoms with E-state index in [0.717, 1.165) is 0 Å². The highest BCUT2D eigenvalue weighted by Gasteiger charge is 2.35. The van der Waals surface area contributed by atoms with Gasteiger partial charge in [0.25, 0.3) is 0 Å². The average Bonchev–Trinajstić information content (AvgIpc) is 2.62. The number of nitrogens with zero attached hydrogens (tertiary/aromatic N) is 2. The van der Waals surface area contributed by atoms with Gasteiger partial charge in [0.15, 0.2) is 0 Å². The molecule has 0 aromatic carbocycles. The number of carbonyl (C=O) groups excluding carboxylic acids is 1. The van der Waals surface area contributed by atoms with Gasteiger partial charge in [0.1, 0.15) is 28.1 Å². The molecule has 136 valence electrons. The smallest absolute Gasteiger partial charge is 0.317 e. The Labute approximate surface area is 151 Å². The van der Waals surface area contributed by atoms with Gasteiger partial charge in [-0.1, -0.05) is 6.08 Å². The van der Waals surface area contributed by atoms with Crippen LogP contribution in [0, 0.1) is 0 Å². The summed E-state index contributed by atoms with van der Waals surface area (Å²) in [6.07, 6.45) is 6.03. The predicted molar refractivity (Wildman–Crippen MR) is 95.7 cm³/mol. The summed E-state index contributed by atoms with van der Waals surface area (Å²) >= 11 is 0. The van der Waals surface area contributed by atoms with Crippen LogP contribution in [0.15, 0.2) is 30.6 Å². The summed E-state index contributed by atoms with van der Waals surface area (Å²) in [5.41, 5.74) is -0.502. The summed E-state index contributed by atoms with van der Waals surface area (Å²) in [6, 6.07) is 5.21. The van der Waals surface area contributed by atoms with E-state index in [1.165, 1.54) is 6.20 Å². The molecule has 2 aromatic heterocycles. The molecule has 0 N–H and O–H groups in total. The van der Waals surface area contributed by atoms with Crippen molar-refractivity contribution in [2.24, 2.45) is 0 Å². The maximum absolute atomic E-state index is 13.8. The van der Waals surface area contributed by atoms with Crippen molar-refractivity contribution in [3.05, 3.63) is 46.9 Å². The minimum atomic E-state index is -0.972. The fraction of sp³-hybridized carbons (Fsp3) is 0.350. The van der Waals surface area contributed by atoms with Gasteiger partial charge in [0.2, 0.25) is 0 Å². The normalized spacial score (nSPS) is 13.6. The number of rotatable bonds is 5. The number of hydrogen-bond donors (Lipinski definition) is 0. The lowest BCUT2D eigenvalue weighted by atomic mass is 9.88. The number of halogens is 1. The second-order valence-electron chi connectivity index (χ2n) is 6.55. The molecule has 26 heavy (non-hydrogen) atoms. The summed E-state index contributed by atoms with van der Waals surface area (Å²) in [5, 5.41) is 1.07. The standard InChI is InChI=1S/C20H21FN2O3/c1-4-25-19(24)20(2,3)18-16(9-6-10-22-18)26-14-11-13-7-5-8-15(21)17(13)23-12-14/h6-7,9-12H,4-5,8H2,1-3H3. The van der Waals surface area contributed by atoms with Crippen molar-refractivity contribution in [3.8, 4) is 11.5 Å². The Balaban J connectivity index is 1.98. The minimum Gasteiger partial charge on any atom is -0.465 e. The first-order valence-electron chi connectivity index (χ1n) is 8.59. The van der Waals surface area contributed by atoms with Crippen molar-refractivity contribution >= 4 is 17.9 Å². The number of carbonyl (C=O) groups is 1. The van der Waals surface area contributed by atoms with Crippen molar-refractivity contribution in [2.75, 3.05) is 6.61 Å².